The molecule has 2 atom stereocenters. The average Bonchev–Trinajstić information content (AvgIpc) is 3.11. The quantitative estimate of drug-likeness (QED) is 0.653. The standard InChI is InChI=1S/C22H27ClN2O4/c1-16(26)24-22-5-3-2-4-17(22)14-28-15-19(27)12-25-11-10-21(13-25)29-20-8-6-18(23)7-9-20/h2-9,19,21,27H,10-15H2,1H3,(H,24,26). The Morgan fingerprint density at radius 3 is 2.79 bits per heavy atom. The Morgan fingerprint density at radius 1 is 1.28 bits per heavy atom. The molecule has 1 amide bonds. The second-order valence-electron chi connectivity index (χ2n) is 7.25. The number of carbonyl (C=O) groups excluding carboxylic acids is 1. The molecule has 156 valence electrons. The minimum atomic E-state index is -0.586. The van der Waals surface area contributed by atoms with Crippen LogP contribution >= 0.6 is 11.6 Å². The maximum atomic E-state index is 11.3. The molecule has 1 aliphatic rings. The lowest BCUT2D eigenvalue weighted by Crippen LogP contribution is -2.34. The first-order chi connectivity index (χ1) is 14.0. The van der Waals surface area contributed by atoms with Crippen LogP contribution in [-0.2, 0) is 16.1 Å². The number of aliphatic hydroxyl groups is 1. The highest BCUT2D eigenvalue weighted by molar-refractivity contribution is 6.30. The third-order valence-corrected chi connectivity index (χ3v) is 4.96. The zero-order valence-electron chi connectivity index (χ0n) is 16.5. The minimum Gasteiger partial charge on any atom is -0.489 e. The van der Waals surface area contributed by atoms with Gasteiger partial charge in [-0.2, -0.15) is 0 Å². The van der Waals surface area contributed by atoms with Crippen LogP contribution in [0.3, 0.4) is 0 Å². The highest BCUT2D eigenvalue weighted by Gasteiger charge is 2.25. The number of anilines is 1. The number of halogens is 1. The van der Waals surface area contributed by atoms with E-state index in [1.54, 1.807) is 0 Å². The number of aliphatic hydroxyl groups excluding tert-OH is 1. The smallest absolute Gasteiger partial charge is 0.221 e. The summed E-state index contributed by atoms with van der Waals surface area (Å²) in [6.45, 7) is 4.21. The summed E-state index contributed by atoms with van der Waals surface area (Å²) >= 11 is 5.90. The summed E-state index contributed by atoms with van der Waals surface area (Å²) in [5, 5.41) is 13.8. The van der Waals surface area contributed by atoms with Crippen molar-refractivity contribution >= 4 is 23.2 Å². The monoisotopic (exact) mass is 418 g/mol. The second kappa shape index (κ2) is 10.6. The summed E-state index contributed by atoms with van der Waals surface area (Å²) < 4.78 is 11.7. The van der Waals surface area contributed by atoms with Gasteiger partial charge < -0.3 is 19.9 Å². The van der Waals surface area contributed by atoms with Crippen LogP contribution in [-0.4, -0.2) is 54.4 Å². The third kappa shape index (κ3) is 7.01. The number of amides is 1. The summed E-state index contributed by atoms with van der Waals surface area (Å²) in [7, 11) is 0. The van der Waals surface area contributed by atoms with Gasteiger partial charge in [-0.3, -0.25) is 9.69 Å². The molecule has 1 fully saturated rings. The fourth-order valence-electron chi connectivity index (χ4n) is 3.38. The molecule has 6 nitrogen and oxygen atoms in total. The highest BCUT2D eigenvalue weighted by Crippen LogP contribution is 2.21. The van der Waals surface area contributed by atoms with E-state index in [2.05, 4.69) is 10.2 Å². The predicted molar refractivity (Wildman–Crippen MR) is 113 cm³/mol. The van der Waals surface area contributed by atoms with E-state index in [0.29, 0.717) is 18.2 Å². The van der Waals surface area contributed by atoms with Gasteiger partial charge in [0.2, 0.25) is 5.91 Å². The normalized spacial score (nSPS) is 17.8. The largest absolute Gasteiger partial charge is 0.489 e. The van der Waals surface area contributed by atoms with Crippen LogP contribution in [0.2, 0.25) is 5.02 Å². The van der Waals surface area contributed by atoms with Crippen LogP contribution in [0.15, 0.2) is 48.5 Å². The number of ether oxygens (including phenoxy) is 2. The first kappa shape index (κ1) is 21.6. The molecule has 1 heterocycles. The van der Waals surface area contributed by atoms with E-state index in [1.165, 1.54) is 6.92 Å². The van der Waals surface area contributed by atoms with E-state index in [-0.39, 0.29) is 18.6 Å². The van der Waals surface area contributed by atoms with Crippen molar-refractivity contribution in [1.29, 1.82) is 0 Å². The Morgan fingerprint density at radius 2 is 2.03 bits per heavy atom. The number of β-amino-alcohol motifs (C(OH)–C–C–N with tert-alkyl or cyclic N) is 1. The fourth-order valence-corrected chi connectivity index (χ4v) is 3.50. The van der Waals surface area contributed by atoms with Crippen molar-refractivity contribution in [3.05, 3.63) is 59.1 Å². The Labute approximate surface area is 176 Å². The summed E-state index contributed by atoms with van der Waals surface area (Å²) in [6.07, 6.45) is 0.436. The van der Waals surface area contributed by atoms with E-state index in [0.717, 1.165) is 36.5 Å². The van der Waals surface area contributed by atoms with Crippen molar-refractivity contribution in [1.82, 2.24) is 4.90 Å². The van der Waals surface area contributed by atoms with Crippen molar-refractivity contribution in [2.75, 3.05) is 31.6 Å². The van der Waals surface area contributed by atoms with Crippen molar-refractivity contribution in [2.24, 2.45) is 0 Å². The van der Waals surface area contributed by atoms with Crippen LogP contribution in [0.5, 0.6) is 5.75 Å². The van der Waals surface area contributed by atoms with E-state index >= 15 is 0 Å². The van der Waals surface area contributed by atoms with Gasteiger partial charge in [0, 0.05) is 42.8 Å². The van der Waals surface area contributed by atoms with Crippen LogP contribution in [0.1, 0.15) is 18.9 Å². The molecule has 2 aromatic carbocycles. The summed E-state index contributed by atoms with van der Waals surface area (Å²) in [4.78, 5) is 13.5. The lowest BCUT2D eigenvalue weighted by molar-refractivity contribution is -0.114. The molecule has 2 unspecified atom stereocenters. The lowest BCUT2D eigenvalue weighted by atomic mass is 10.2. The number of likely N-dealkylation sites (tertiary alicyclic amines) is 1. The van der Waals surface area contributed by atoms with Gasteiger partial charge in [0.25, 0.3) is 0 Å². The summed E-state index contributed by atoms with van der Waals surface area (Å²) in [5.74, 6) is 0.685. The average molecular weight is 419 g/mol. The van der Waals surface area contributed by atoms with E-state index in [9.17, 15) is 9.90 Å². The van der Waals surface area contributed by atoms with Gasteiger partial charge >= 0.3 is 0 Å². The van der Waals surface area contributed by atoms with Gasteiger partial charge in [-0.15, -0.1) is 0 Å². The molecule has 0 bridgehead atoms. The van der Waals surface area contributed by atoms with E-state index < -0.39 is 6.10 Å². The van der Waals surface area contributed by atoms with Crippen molar-refractivity contribution in [3.8, 4) is 5.75 Å². The van der Waals surface area contributed by atoms with Gasteiger partial charge in [0.05, 0.1) is 19.3 Å². The van der Waals surface area contributed by atoms with E-state index in [1.807, 2.05) is 48.5 Å². The van der Waals surface area contributed by atoms with Gasteiger partial charge in [-0.05, 0) is 36.8 Å². The first-order valence-corrected chi connectivity index (χ1v) is 10.1. The number of nitrogens with one attached hydrogen (secondary N) is 1. The van der Waals surface area contributed by atoms with Crippen LogP contribution in [0.25, 0.3) is 0 Å². The molecule has 0 aliphatic carbocycles. The zero-order chi connectivity index (χ0) is 20.6. The highest BCUT2D eigenvalue weighted by atomic mass is 35.5. The molecular formula is C22H27ClN2O4. The molecule has 0 spiro atoms. The van der Waals surface area contributed by atoms with Crippen LogP contribution < -0.4 is 10.1 Å². The molecule has 29 heavy (non-hydrogen) atoms. The minimum absolute atomic E-state index is 0.105. The number of rotatable bonds is 9. The molecule has 2 N–H and O–H groups in total. The lowest BCUT2D eigenvalue weighted by Gasteiger charge is -2.20. The van der Waals surface area contributed by atoms with Crippen molar-refractivity contribution in [2.45, 2.75) is 32.2 Å². The number of carbonyl (C=O) groups is 1. The number of hydrogen-bond donors (Lipinski definition) is 2. The zero-order valence-corrected chi connectivity index (χ0v) is 17.3. The Hall–Kier alpha value is -2.12. The maximum Gasteiger partial charge on any atom is 0.221 e. The number of nitrogens with zero attached hydrogens (tertiary/aromatic N) is 1. The molecule has 0 aromatic heterocycles. The molecule has 3 rings (SSSR count). The van der Waals surface area contributed by atoms with Crippen molar-refractivity contribution in [3.63, 3.8) is 0 Å². The Balaban J connectivity index is 1.38. The molecule has 0 saturated carbocycles. The first-order valence-electron chi connectivity index (χ1n) is 9.75. The number of benzene rings is 2. The van der Waals surface area contributed by atoms with Gasteiger partial charge in [0.15, 0.2) is 0 Å². The molecule has 1 aliphatic heterocycles. The van der Waals surface area contributed by atoms with Crippen LogP contribution in [0.4, 0.5) is 5.69 Å². The molecular weight excluding hydrogens is 392 g/mol. The van der Waals surface area contributed by atoms with Crippen molar-refractivity contribution < 1.29 is 19.4 Å². The summed E-state index contributed by atoms with van der Waals surface area (Å²) in [6, 6.07) is 14.9. The molecule has 0 radical (unpaired) electrons. The van der Waals surface area contributed by atoms with Gasteiger partial charge in [-0.1, -0.05) is 29.8 Å². The van der Waals surface area contributed by atoms with Gasteiger partial charge in [-0.25, -0.2) is 0 Å². The third-order valence-electron chi connectivity index (χ3n) is 4.71. The number of hydrogen-bond acceptors (Lipinski definition) is 5. The number of para-hydroxylation sites is 1. The molecule has 2 aromatic rings. The Bertz CT molecular complexity index is 800. The topological polar surface area (TPSA) is 71.0 Å². The van der Waals surface area contributed by atoms with E-state index in [4.69, 9.17) is 21.1 Å². The Kier molecular flexibility index (Phi) is 7.89. The maximum absolute atomic E-state index is 11.3. The molecule has 7 heteroatoms. The summed E-state index contributed by atoms with van der Waals surface area (Å²) in [5.41, 5.74) is 1.61. The SMILES string of the molecule is CC(=O)Nc1ccccc1COCC(O)CN1CCC(Oc2ccc(Cl)cc2)C1. The second-order valence-corrected chi connectivity index (χ2v) is 7.69. The van der Waals surface area contributed by atoms with Crippen LogP contribution in [0, 0.1) is 0 Å². The molecule has 1 saturated heterocycles. The van der Waals surface area contributed by atoms with Gasteiger partial charge in [0.1, 0.15) is 11.9 Å². The predicted octanol–water partition coefficient (Wildman–Crippen LogP) is 3.33. The fraction of sp³-hybridized carbons (Fsp3) is 0.409.